The fourth-order valence-electron chi connectivity index (χ4n) is 1.53. The molecule has 0 fully saturated rings. The van der Waals surface area contributed by atoms with Crippen molar-refractivity contribution < 1.29 is 4.42 Å². The van der Waals surface area contributed by atoms with Crippen LogP contribution in [-0.2, 0) is 6.54 Å². The maximum Gasteiger partial charge on any atom is 0.247 e. The molecule has 96 valence electrons. The first-order valence-electron chi connectivity index (χ1n) is 6.08. The van der Waals surface area contributed by atoms with E-state index < -0.39 is 0 Å². The summed E-state index contributed by atoms with van der Waals surface area (Å²) in [5.74, 6) is 1.13. The van der Waals surface area contributed by atoms with Gasteiger partial charge in [0.25, 0.3) is 0 Å². The Balaban J connectivity index is 1.95. The normalized spacial score (nSPS) is 10.8. The van der Waals surface area contributed by atoms with Gasteiger partial charge in [0.2, 0.25) is 11.8 Å². The molecule has 0 radical (unpaired) electrons. The quantitative estimate of drug-likeness (QED) is 0.815. The number of benzene rings is 1. The van der Waals surface area contributed by atoms with Crippen LogP contribution >= 0.6 is 11.6 Å². The largest absolute Gasteiger partial charge is 0.419 e. The van der Waals surface area contributed by atoms with Crippen LogP contribution in [0, 0.1) is 0 Å². The van der Waals surface area contributed by atoms with E-state index in [2.05, 4.69) is 22.4 Å². The van der Waals surface area contributed by atoms with Crippen molar-refractivity contribution >= 4 is 11.6 Å². The molecule has 1 aromatic carbocycles. The van der Waals surface area contributed by atoms with Gasteiger partial charge < -0.3 is 9.73 Å². The minimum absolute atomic E-state index is 0.527. The zero-order chi connectivity index (χ0) is 12.8. The van der Waals surface area contributed by atoms with Crippen LogP contribution in [-0.4, -0.2) is 16.7 Å². The summed E-state index contributed by atoms with van der Waals surface area (Å²) in [6.45, 7) is 3.74. The van der Waals surface area contributed by atoms with E-state index in [0.29, 0.717) is 23.3 Å². The molecule has 1 heterocycles. The van der Waals surface area contributed by atoms with Crippen LogP contribution in [0.4, 0.5) is 0 Å². The smallest absolute Gasteiger partial charge is 0.247 e. The summed E-state index contributed by atoms with van der Waals surface area (Å²) < 4.78 is 5.56. The summed E-state index contributed by atoms with van der Waals surface area (Å²) in [6, 6.07) is 7.34. The molecule has 0 saturated carbocycles. The first kappa shape index (κ1) is 13.1. The van der Waals surface area contributed by atoms with E-state index in [1.54, 1.807) is 12.1 Å². The number of aromatic nitrogens is 2. The average Bonchev–Trinajstić information content (AvgIpc) is 2.84. The van der Waals surface area contributed by atoms with Gasteiger partial charge in [-0.25, -0.2) is 0 Å². The lowest BCUT2D eigenvalue weighted by Gasteiger charge is -1.98. The molecular weight excluding hydrogens is 250 g/mol. The second kappa shape index (κ2) is 6.52. The van der Waals surface area contributed by atoms with E-state index >= 15 is 0 Å². The summed E-state index contributed by atoms with van der Waals surface area (Å²) in [4.78, 5) is 0. The maximum absolute atomic E-state index is 5.83. The van der Waals surface area contributed by atoms with Crippen molar-refractivity contribution in [3.8, 4) is 11.5 Å². The molecule has 0 saturated heterocycles. The first-order chi connectivity index (χ1) is 8.79. The van der Waals surface area contributed by atoms with Gasteiger partial charge in [0.05, 0.1) is 6.54 Å². The fourth-order valence-corrected chi connectivity index (χ4v) is 1.66. The van der Waals surface area contributed by atoms with Gasteiger partial charge in [0.15, 0.2) is 0 Å². The van der Waals surface area contributed by atoms with Crippen molar-refractivity contribution in [2.45, 2.75) is 26.3 Å². The topological polar surface area (TPSA) is 51.0 Å². The number of unbranched alkanes of at least 4 members (excludes halogenated alkanes) is 1. The first-order valence-corrected chi connectivity index (χ1v) is 6.46. The molecule has 0 bridgehead atoms. The third-order valence-corrected chi connectivity index (χ3v) is 2.79. The van der Waals surface area contributed by atoms with Crippen LogP contribution < -0.4 is 5.32 Å². The van der Waals surface area contributed by atoms with Crippen molar-refractivity contribution in [1.29, 1.82) is 0 Å². The summed E-state index contributed by atoms with van der Waals surface area (Å²) in [5.41, 5.74) is 0.881. The second-order valence-electron chi connectivity index (χ2n) is 4.04. The Morgan fingerprint density at radius 3 is 2.72 bits per heavy atom. The molecule has 0 aliphatic heterocycles. The summed E-state index contributed by atoms with van der Waals surface area (Å²) in [6.07, 6.45) is 2.32. The molecule has 0 unspecified atom stereocenters. The summed E-state index contributed by atoms with van der Waals surface area (Å²) in [5, 5.41) is 12.0. The van der Waals surface area contributed by atoms with Crippen molar-refractivity contribution in [1.82, 2.24) is 15.5 Å². The van der Waals surface area contributed by atoms with Crippen LogP contribution in [0.2, 0.25) is 5.02 Å². The Labute approximate surface area is 111 Å². The van der Waals surface area contributed by atoms with Crippen molar-refractivity contribution in [2.24, 2.45) is 0 Å². The number of hydrogen-bond donors (Lipinski definition) is 1. The zero-order valence-electron chi connectivity index (χ0n) is 10.3. The lowest BCUT2D eigenvalue weighted by molar-refractivity contribution is 0.475. The van der Waals surface area contributed by atoms with Crippen LogP contribution in [0.3, 0.4) is 0 Å². The third kappa shape index (κ3) is 3.55. The van der Waals surface area contributed by atoms with E-state index in [1.807, 2.05) is 12.1 Å². The number of halogens is 1. The predicted octanol–water partition coefficient (Wildman–Crippen LogP) is 3.28. The van der Waals surface area contributed by atoms with E-state index in [4.69, 9.17) is 16.0 Å². The van der Waals surface area contributed by atoms with Crippen molar-refractivity contribution in [3.05, 3.63) is 35.2 Å². The Bertz CT molecular complexity index is 481. The van der Waals surface area contributed by atoms with Gasteiger partial charge in [-0.05, 0) is 37.2 Å². The Morgan fingerprint density at radius 1 is 1.22 bits per heavy atom. The number of nitrogens with one attached hydrogen (secondary N) is 1. The van der Waals surface area contributed by atoms with Crippen LogP contribution in [0.5, 0.6) is 0 Å². The van der Waals surface area contributed by atoms with Crippen molar-refractivity contribution in [2.75, 3.05) is 6.54 Å². The van der Waals surface area contributed by atoms with E-state index in [-0.39, 0.29) is 0 Å². The Kier molecular flexibility index (Phi) is 4.73. The Morgan fingerprint density at radius 2 is 2.00 bits per heavy atom. The number of hydrogen-bond acceptors (Lipinski definition) is 4. The van der Waals surface area contributed by atoms with Crippen LogP contribution in [0.1, 0.15) is 25.7 Å². The highest BCUT2D eigenvalue weighted by Crippen LogP contribution is 2.19. The highest BCUT2D eigenvalue weighted by Gasteiger charge is 2.07. The molecule has 4 nitrogen and oxygen atoms in total. The lowest BCUT2D eigenvalue weighted by atomic mass is 10.2. The summed E-state index contributed by atoms with van der Waals surface area (Å²) in [7, 11) is 0. The van der Waals surface area contributed by atoms with Gasteiger partial charge in [-0.3, -0.25) is 0 Å². The lowest BCUT2D eigenvalue weighted by Crippen LogP contribution is -2.14. The minimum atomic E-state index is 0.527. The molecule has 0 aliphatic rings. The molecule has 1 aromatic heterocycles. The third-order valence-electron chi connectivity index (χ3n) is 2.54. The molecule has 2 aromatic rings. The van der Waals surface area contributed by atoms with E-state index in [9.17, 15) is 0 Å². The van der Waals surface area contributed by atoms with Gasteiger partial charge in [-0.2, -0.15) is 0 Å². The van der Waals surface area contributed by atoms with Gasteiger partial charge >= 0.3 is 0 Å². The van der Waals surface area contributed by atoms with Gasteiger partial charge in [0, 0.05) is 10.6 Å². The number of rotatable bonds is 6. The molecule has 5 heteroatoms. The molecule has 1 N–H and O–H groups in total. The average molecular weight is 266 g/mol. The molecular formula is C13H16ClN3O. The molecule has 0 amide bonds. The maximum atomic E-state index is 5.83. The number of nitrogens with zero attached hydrogens (tertiary/aromatic N) is 2. The van der Waals surface area contributed by atoms with Crippen LogP contribution in [0.15, 0.2) is 28.7 Å². The fraction of sp³-hybridized carbons (Fsp3) is 0.385. The molecule has 18 heavy (non-hydrogen) atoms. The van der Waals surface area contributed by atoms with E-state index in [0.717, 1.165) is 18.5 Å². The predicted molar refractivity (Wildman–Crippen MR) is 71.4 cm³/mol. The SMILES string of the molecule is CCCCNCc1nnc(-c2ccc(Cl)cc2)o1. The standard InChI is InChI=1S/C13H16ClN3O/c1-2-3-8-15-9-12-16-17-13(18-12)10-4-6-11(14)7-5-10/h4-7,15H,2-3,8-9H2,1H3. The Hall–Kier alpha value is -1.39. The highest BCUT2D eigenvalue weighted by atomic mass is 35.5. The van der Waals surface area contributed by atoms with Gasteiger partial charge in [-0.15, -0.1) is 10.2 Å². The van der Waals surface area contributed by atoms with Gasteiger partial charge in [-0.1, -0.05) is 24.9 Å². The zero-order valence-corrected chi connectivity index (χ0v) is 11.1. The molecule has 0 atom stereocenters. The van der Waals surface area contributed by atoms with E-state index in [1.165, 1.54) is 6.42 Å². The van der Waals surface area contributed by atoms with Crippen LogP contribution in [0.25, 0.3) is 11.5 Å². The summed E-state index contributed by atoms with van der Waals surface area (Å²) >= 11 is 5.83. The monoisotopic (exact) mass is 265 g/mol. The second-order valence-corrected chi connectivity index (χ2v) is 4.47. The highest BCUT2D eigenvalue weighted by molar-refractivity contribution is 6.30. The minimum Gasteiger partial charge on any atom is -0.419 e. The molecule has 0 aliphatic carbocycles. The molecule has 2 rings (SSSR count). The van der Waals surface area contributed by atoms with Crippen molar-refractivity contribution in [3.63, 3.8) is 0 Å². The molecule has 0 spiro atoms. The van der Waals surface area contributed by atoms with Gasteiger partial charge in [0.1, 0.15) is 0 Å².